The predicted molar refractivity (Wildman–Crippen MR) is 159 cm³/mol. The second kappa shape index (κ2) is 11.9. The number of anilines is 3. The molecule has 2 amide bonds. The fourth-order valence-electron chi connectivity index (χ4n) is 5.19. The van der Waals surface area contributed by atoms with Crippen LogP contribution in [0.15, 0.2) is 71.8 Å². The van der Waals surface area contributed by atoms with Gasteiger partial charge in [0.05, 0.1) is 20.3 Å². The van der Waals surface area contributed by atoms with Crippen LogP contribution >= 0.6 is 12.6 Å². The van der Waals surface area contributed by atoms with Crippen LogP contribution in [0.4, 0.5) is 26.4 Å². The first-order valence-electron chi connectivity index (χ1n) is 13.0. The molecule has 9 nitrogen and oxygen atoms in total. The highest BCUT2D eigenvalue weighted by atomic mass is 32.1. The molecule has 4 N–H and O–H groups in total. The number of thiol groups is 1. The van der Waals surface area contributed by atoms with E-state index in [0.29, 0.717) is 40.8 Å². The Balaban J connectivity index is 1.53. The third-order valence-corrected chi connectivity index (χ3v) is 7.63. The Morgan fingerprint density at radius 2 is 1.90 bits per heavy atom. The van der Waals surface area contributed by atoms with Crippen LogP contribution in [0.3, 0.4) is 0 Å². The van der Waals surface area contributed by atoms with E-state index in [1.54, 1.807) is 35.4 Å². The van der Waals surface area contributed by atoms with Crippen LogP contribution in [-0.4, -0.2) is 42.6 Å². The lowest BCUT2D eigenvalue weighted by atomic mass is 10.00. The Morgan fingerprint density at radius 3 is 2.68 bits per heavy atom. The maximum atomic E-state index is 15.3. The molecule has 1 fully saturated rings. The highest BCUT2D eigenvalue weighted by Crippen LogP contribution is 2.39. The maximum absolute atomic E-state index is 15.3. The van der Waals surface area contributed by atoms with Crippen molar-refractivity contribution in [2.45, 2.75) is 29.8 Å². The Hall–Kier alpha value is -4.51. The topological polar surface area (TPSA) is 119 Å². The number of amides is 2. The molecule has 2 heterocycles. The van der Waals surface area contributed by atoms with E-state index in [2.05, 4.69) is 28.2 Å². The Labute approximate surface area is 242 Å². The first kappa shape index (κ1) is 28.0. The van der Waals surface area contributed by atoms with E-state index in [4.69, 9.17) is 15.2 Å². The summed E-state index contributed by atoms with van der Waals surface area (Å²) in [5, 5.41) is 7.53. The lowest BCUT2D eigenvalue weighted by Crippen LogP contribution is -2.38. The largest absolute Gasteiger partial charge is 0.497 e. The van der Waals surface area contributed by atoms with Gasteiger partial charge in [-0.2, -0.15) is 0 Å². The summed E-state index contributed by atoms with van der Waals surface area (Å²) in [5.74, 6) is -0.0312. The van der Waals surface area contributed by atoms with Gasteiger partial charge >= 0.3 is 6.09 Å². The number of carbonyl (C=O) groups is 2. The molecule has 0 unspecified atom stereocenters. The van der Waals surface area contributed by atoms with E-state index < -0.39 is 18.0 Å². The number of pyridine rings is 1. The number of methoxy groups -OCH3 is 2. The van der Waals surface area contributed by atoms with E-state index in [0.717, 1.165) is 22.8 Å². The number of benzene rings is 3. The molecule has 41 heavy (non-hydrogen) atoms. The lowest BCUT2D eigenvalue weighted by molar-refractivity contribution is -0.133. The average Bonchev–Trinajstić information content (AvgIpc) is 3.47. The number of ether oxygens (including phenoxy) is 2. The van der Waals surface area contributed by atoms with Gasteiger partial charge in [0.25, 0.3) is 0 Å². The number of hydrogen-bond donors (Lipinski definition) is 4. The van der Waals surface area contributed by atoms with E-state index in [1.807, 2.05) is 18.2 Å². The number of aromatic nitrogens is 1. The summed E-state index contributed by atoms with van der Waals surface area (Å²) in [6.07, 6.45) is 2.43. The first-order valence-corrected chi connectivity index (χ1v) is 13.5. The van der Waals surface area contributed by atoms with E-state index in [-0.39, 0.29) is 17.5 Å². The lowest BCUT2D eigenvalue weighted by Gasteiger charge is -2.31. The number of carbonyl (C=O) groups excluding carboxylic acids is 2. The molecule has 1 aliphatic heterocycles. The van der Waals surface area contributed by atoms with Crippen LogP contribution in [0.5, 0.6) is 5.75 Å². The van der Waals surface area contributed by atoms with Crippen molar-refractivity contribution in [3.05, 3.63) is 83.8 Å². The highest BCUT2D eigenvalue weighted by Gasteiger charge is 2.37. The number of nitrogen functional groups attached to an aromatic ring is 1. The van der Waals surface area contributed by atoms with Gasteiger partial charge in [-0.15, -0.1) is 12.6 Å². The molecule has 0 aliphatic carbocycles. The van der Waals surface area contributed by atoms with Gasteiger partial charge in [-0.05, 0) is 84.5 Å². The van der Waals surface area contributed by atoms with Crippen molar-refractivity contribution in [1.82, 2.24) is 9.88 Å². The second-order valence-corrected chi connectivity index (χ2v) is 10.2. The van der Waals surface area contributed by atoms with Crippen LogP contribution < -0.4 is 21.1 Å². The third kappa shape index (κ3) is 5.85. The van der Waals surface area contributed by atoms with Gasteiger partial charge in [-0.3, -0.25) is 10.1 Å². The summed E-state index contributed by atoms with van der Waals surface area (Å²) in [7, 11) is 2.77. The van der Waals surface area contributed by atoms with Crippen molar-refractivity contribution < 1.29 is 23.5 Å². The summed E-state index contributed by atoms with van der Waals surface area (Å²) < 4.78 is 25.4. The van der Waals surface area contributed by atoms with Crippen LogP contribution in [0.2, 0.25) is 0 Å². The molecule has 0 radical (unpaired) electrons. The summed E-state index contributed by atoms with van der Waals surface area (Å²) >= 11 is 4.64. The summed E-state index contributed by atoms with van der Waals surface area (Å²) in [6, 6.07) is 15.5. The molecule has 212 valence electrons. The number of halogens is 1. The number of fused-ring (bicyclic) bond motifs is 1. The number of hydrogen-bond acceptors (Lipinski definition) is 8. The zero-order valence-corrected chi connectivity index (χ0v) is 23.5. The number of rotatable bonds is 7. The van der Waals surface area contributed by atoms with Crippen molar-refractivity contribution in [3.8, 4) is 5.75 Å². The first-order chi connectivity index (χ1) is 19.8. The van der Waals surface area contributed by atoms with Gasteiger partial charge in [0.1, 0.15) is 23.4 Å². The van der Waals surface area contributed by atoms with Crippen LogP contribution in [0.25, 0.3) is 10.8 Å². The van der Waals surface area contributed by atoms with Gasteiger partial charge < -0.3 is 25.4 Å². The standard InChI is InChI=1S/C30H30FN5O4S/c1-39-20-7-9-24(31)22(16-20)27(34-18-5-8-21-17(14-18)11-12-33-28(21)32)29(37)36-13-3-4-25(36)23-15-19(6-10-26(23)41)35-30(38)40-2/h5-12,14-16,25,27,34,41H,3-4,13H2,1-2H3,(H2,32,33)(H,35,38)/t25-,27-/m1/s1. The second-order valence-electron chi connectivity index (χ2n) is 9.68. The fourth-order valence-corrected chi connectivity index (χ4v) is 5.48. The Morgan fingerprint density at radius 1 is 1.10 bits per heavy atom. The zero-order chi connectivity index (χ0) is 29.1. The Bertz CT molecular complexity index is 1620. The number of nitrogens with zero attached hydrogens (tertiary/aromatic N) is 2. The summed E-state index contributed by atoms with van der Waals surface area (Å²) in [5.41, 5.74) is 8.07. The number of nitrogens with two attached hydrogens (primary N) is 1. The maximum Gasteiger partial charge on any atom is 0.411 e. The molecule has 0 spiro atoms. The third-order valence-electron chi connectivity index (χ3n) is 7.22. The van der Waals surface area contributed by atoms with Crippen LogP contribution in [0, 0.1) is 5.82 Å². The molecular formula is C30H30FN5O4S. The molecule has 2 atom stereocenters. The van der Waals surface area contributed by atoms with Gasteiger partial charge in [-0.1, -0.05) is 0 Å². The van der Waals surface area contributed by atoms with E-state index in [9.17, 15) is 9.59 Å². The van der Waals surface area contributed by atoms with Gasteiger partial charge in [0, 0.05) is 40.0 Å². The van der Waals surface area contributed by atoms with Crippen molar-refractivity contribution >= 4 is 52.6 Å². The molecule has 0 saturated carbocycles. The predicted octanol–water partition coefficient (Wildman–Crippen LogP) is 5.95. The minimum Gasteiger partial charge on any atom is -0.497 e. The average molecular weight is 576 g/mol. The monoisotopic (exact) mass is 575 g/mol. The number of likely N-dealkylation sites (tertiary alicyclic amines) is 1. The molecular weight excluding hydrogens is 545 g/mol. The quantitative estimate of drug-likeness (QED) is 0.201. The highest BCUT2D eigenvalue weighted by molar-refractivity contribution is 7.80. The molecule has 5 rings (SSSR count). The van der Waals surface area contributed by atoms with E-state index >= 15 is 4.39 Å². The van der Waals surface area contributed by atoms with E-state index in [1.165, 1.54) is 32.4 Å². The zero-order valence-electron chi connectivity index (χ0n) is 22.6. The van der Waals surface area contributed by atoms with Crippen molar-refractivity contribution in [2.75, 3.05) is 37.1 Å². The van der Waals surface area contributed by atoms with Gasteiger partial charge in [0.15, 0.2) is 0 Å². The molecule has 1 saturated heterocycles. The molecule has 1 aromatic heterocycles. The molecule has 3 aromatic carbocycles. The number of nitrogens with one attached hydrogen (secondary N) is 2. The summed E-state index contributed by atoms with van der Waals surface area (Å²) in [6.45, 7) is 0.467. The van der Waals surface area contributed by atoms with Crippen molar-refractivity contribution in [1.29, 1.82) is 0 Å². The normalized spacial score (nSPS) is 15.4. The summed E-state index contributed by atoms with van der Waals surface area (Å²) in [4.78, 5) is 32.7. The molecule has 1 aliphatic rings. The van der Waals surface area contributed by atoms with Crippen molar-refractivity contribution in [3.63, 3.8) is 0 Å². The minimum atomic E-state index is -1.07. The molecule has 0 bridgehead atoms. The Kier molecular flexibility index (Phi) is 8.16. The van der Waals surface area contributed by atoms with Crippen LogP contribution in [0.1, 0.15) is 36.1 Å². The van der Waals surface area contributed by atoms with Gasteiger partial charge in [-0.25, -0.2) is 14.2 Å². The van der Waals surface area contributed by atoms with Crippen molar-refractivity contribution in [2.24, 2.45) is 0 Å². The SMILES string of the molecule is COC(=O)Nc1ccc(S)c([C@H]2CCCN2C(=O)[C@H](Nc2ccc3c(N)nccc3c2)c2cc(OC)ccc2F)c1. The minimum absolute atomic E-state index is 0.154. The van der Waals surface area contributed by atoms with Crippen LogP contribution in [-0.2, 0) is 9.53 Å². The fraction of sp³-hybridized carbons (Fsp3) is 0.233. The molecule has 11 heteroatoms. The van der Waals surface area contributed by atoms with Gasteiger partial charge in [0.2, 0.25) is 5.91 Å². The molecule has 4 aromatic rings. The smallest absolute Gasteiger partial charge is 0.411 e.